The van der Waals surface area contributed by atoms with Crippen molar-refractivity contribution in [3.05, 3.63) is 0 Å². The molecule has 0 heteroatoms. The summed E-state index contributed by atoms with van der Waals surface area (Å²) in [6, 6.07) is 0. The Labute approximate surface area is 85.1 Å². The summed E-state index contributed by atoms with van der Waals surface area (Å²) in [4.78, 5) is 0. The van der Waals surface area contributed by atoms with Crippen molar-refractivity contribution in [1.82, 2.24) is 0 Å². The lowest BCUT2D eigenvalue weighted by molar-refractivity contribution is 0.366. The fraction of sp³-hybridized carbons (Fsp3) is 1.00. The van der Waals surface area contributed by atoms with Crippen molar-refractivity contribution in [3.8, 4) is 0 Å². The van der Waals surface area contributed by atoms with Crippen LogP contribution in [0.2, 0.25) is 0 Å². The van der Waals surface area contributed by atoms with E-state index in [1.165, 1.54) is 32.1 Å². The van der Waals surface area contributed by atoms with Gasteiger partial charge in [0.15, 0.2) is 0 Å². The van der Waals surface area contributed by atoms with Crippen LogP contribution >= 0.6 is 0 Å². The average Bonchev–Trinajstić information content (AvgIpc) is 2.11. The molecule has 2 atom stereocenters. The SMILES string of the molecule is CCC(C)CCCCC(C)C(C)C. The number of rotatable bonds is 7. The average molecular weight is 184 g/mol. The third-order valence-electron chi connectivity index (χ3n) is 3.44. The quantitative estimate of drug-likeness (QED) is 0.494. The molecule has 0 N–H and O–H groups in total. The first-order chi connectivity index (χ1) is 6.07. The van der Waals surface area contributed by atoms with Crippen LogP contribution in [0.3, 0.4) is 0 Å². The summed E-state index contributed by atoms with van der Waals surface area (Å²) in [5, 5.41) is 0. The zero-order chi connectivity index (χ0) is 10.3. The Hall–Kier alpha value is 0. The Bertz CT molecular complexity index is 105. The van der Waals surface area contributed by atoms with E-state index in [4.69, 9.17) is 0 Å². The lowest BCUT2D eigenvalue weighted by Crippen LogP contribution is -2.03. The summed E-state index contributed by atoms with van der Waals surface area (Å²) in [5.41, 5.74) is 0. The number of hydrogen-bond donors (Lipinski definition) is 0. The van der Waals surface area contributed by atoms with Crippen LogP contribution in [0.15, 0.2) is 0 Å². The van der Waals surface area contributed by atoms with Gasteiger partial charge in [-0.25, -0.2) is 0 Å². The van der Waals surface area contributed by atoms with Gasteiger partial charge in [0.2, 0.25) is 0 Å². The van der Waals surface area contributed by atoms with Crippen molar-refractivity contribution >= 4 is 0 Å². The molecule has 0 nitrogen and oxygen atoms in total. The van der Waals surface area contributed by atoms with Crippen molar-refractivity contribution in [2.24, 2.45) is 17.8 Å². The molecule has 13 heavy (non-hydrogen) atoms. The van der Waals surface area contributed by atoms with Gasteiger partial charge >= 0.3 is 0 Å². The van der Waals surface area contributed by atoms with E-state index in [2.05, 4.69) is 34.6 Å². The maximum absolute atomic E-state index is 2.38. The molecule has 80 valence electrons. The van der Waals surface area contributed by atoms with Crippen LogP contribution in [0.5, 0.6) is 0 Å². The predicted octanol–water partition coefficient (Wildman–Crippen LogP) is 4.89. The molecule has 0 aliphatic heterocycles. The van der Waals surface area contributed by atoms with Crippen LogP contribution in [0, 0.1) is 17.8 Å². The van der Waals surface area contributed by atoms with Crippen molar-refractivity contribution in [2.75, 3.05) is 0 Å². The highest BCUT2D eigenvalue weighted by molar-refractivity contribution is 4.58. The second-order valence-electron chi connectivity index (χ2n) is 5.02. The first kappa shape index (κ1) is 13.0. The van der Waals surface area contributed by atoms with Crippen LogP contribution in [-0.4, -0.2) is 0 Å². The van der Waals surface area contributed by atoms with E-state index in [0.717, 1.165) is 17.8 Å². The molecule has 0 fully saturated rings. The highest BCUT2D eigenvalue weighted by Gasteiger charge is 2.06. The Balaban J connectivity index is 3.25. The molecule has 0 aliphatic carbocycles. The Kier molecular flexibility index (Phi) is 7.41. The Morgan fingerprint density at radius 1 is 0.846 bits per heavy atom. The topological polar surface area (TPSA) is 0 Å². The first-order valence-electron chi connectivity index (χ1n) is 6.07. The number of hydrogen-bond acceptors (Lipinski definition) is 0. The largest absolute Gasteiger partial charge is 0.0651 e. The van der Waals surface area contributed by atoms with Crippen LogP contribution < -0.4 is 0 Å². The van der Waals surface area contributed by atoms with Crippen molar-refractivity contribution < 1.29 is 0 Å². The van der Waals surface area contributed by atoms with Gasteiger partial charge in [0, 0.05) is 0 Å². The second-order valence-corrected chi connectivity index (χ2v) is 5.02. The molecule has 0 heterocycles. The minimum absolute atomic E-state index is 0.864. The first-order valence-corrected chi connectivity index (χ1v) is 6.07. The predicted molar refractivity (Wildman–Crippen MR) is 61.9 cm³/mol. The minimum Gasteiger partial charge on any atom is -0.0651 e. The molecular weight excluding hydrogens is 156 g/mol. The highest BCUT2D eigenvalue weighted by Crippen LogP contribution is 2.19. The number of unbranched alkanes of at least 4 members (excludes halogenated alkanes) is 1. The molecule has 0 aromatic rings. The van der Waals surface area contributed by atoms with Gasteiger partial charge in [0.25, 0.3) is 0 Å². The lowest BCUT2D eigenvalue weighted by Gasteiger charge is -2.15. The smallest absolute Gasteiger partial charge is 0.0420 e. The van der Waals surface area contributed by atoms with E-state index in [9.17, 15) is 0 Å². The third kappa shape index (κ3) is 7.10. The van der Waals surface area contributed by atoms with E-state index in [-0.39, 0.29) is 0 Å². The second kappa shape index (κ2) is 7.41. The van der Waals surface area contributed by atoms with Gasteiger partial charge in [-0.2, -0.15) is 0 Å². The van der Waals surface area contributed by atoms with Gasteiger partial charge in [-0.15, -0.1) is 0 Å². The zero-order valence-corrected chi connectivity index (χ0v) is 10.3. The van der Waals surface area contributed by atoms with Crippen LogP contribution in [0.1, 0.15) is 66.7 Å². The molecule has 0 saturated carbocycles. The molecule has 0 aromatic carbocycles. The van der Waals surface area contributed by atoms with Gasteiger partial charge in [-0.1, -0.05) is 66.7 Å². The van der Waals surface area contributed by atoms with E-state index >= 15 is 0 Å². The van der Waals surface area contributed by atoms with Gasteiger partial charge < -0.3 is 0 Å². The van der Waals surface area contributed by atoms with Gasteiger partial charge in [0.1, 0.15) is 0 Å². The summed E-state index contributed by atoms with van der Waals surface area (Å²) in [6.07, 6.45) is 7.07. The molecule has 2 unspecified atom stereocenters. The molecule has 0 amide bonds. The van der Waals surface area contributed by atoms with E-state index in [1.54, 1.807) is 0 Å². The summed E-state index contributed by atoms with van der Waals surface area (Å²) < 4.78 is 0. The van der Waals surface area contributed by atoms with Crippen molar-refractivity contribution in [2.45, 2.75) is 66.7 Å². The van der Waals surface area contributed by atoms with Crippen molar-refractivity contribution in [1.29, 1.82) is 0 Å². The maximum Gasteiger partial charge on any atom is -0.0420 e. The molecule has 0 rings (SSSR count). The molecular formula is C13H28. The van der Waals surface area contributed by atoms with Gasteiger partial charge in [-0.05, 0) is 17.8 Å². The Morgan fingerprint density at radius 2 is 1.38 bits per heavy atom. The molecule has 0 aromatic heterocycles. The lowest BCUT2D eigenvalue weighted by atomic mass is 9.91. The standard InChI is InChI=1S/C13H28/c1-6-12(4)9-7-8-10-13(5)11(2)3/h11-13H,6-10H2,1-5H3. The highest BCUT2D eigenvalue weighted by atomic mass is 14.1. The summed E-state index contributed by atoms with van der Waals surface area (Å²) in [7, 11) is 0. The Morgan fingerprint density at radius 3 is 1.85 bits per heavy atom. The van der Waals surface area contributed by atoms with Crippen LogP contribution in [-0.2, 0) is 0 Å². The molecule has 0 aliphatic rings. The van der Waals surface area contributed by atoms with Gasteiger partial charge in [0.05, 0.1) is 0 Å². The maximum atomic E-state index is 2.38. The van der Waals surface area contributed by atoms with E-state index in [1.807, 2.05) is 0 Å². The fourth-order valence-corrected chi connectivity index (χ4v) is 1.50. The molecule has 0 bridgehead atoms. The zero-order valence-electron chi connectivity index (χ0n) is 10.3. The monoisotopic (exact) mass is 184 g/mol. The fourth-order valence-electron chi connectivity index (χ4n) is 1.50. The third-order valence-corrected chi connectivity index (χ3v) is 3.44. The molecule has 0 radical (unpaired) electrons. The van der Waals surface area contributed by atoms with Crippen LogP contribution in [0.25, 0.3) is 0 Å². The van der Waals surface area contributed by atoms with E-state index < -0.39 is 0 Å². The summed E-state index contributed by atoms with van der Waals surface area (Å²) in [5.74, 6) is 2.72. The van der Waals surface area contributed by atoms with Gasteiger partial charge in [-0.3, -0.25) is 0 Å². The minimum atomic E-state index is 0.864. The molecule has 0 spiro atoms. The summed E-state index contributed by atoms with van der Waals surface area (Å²) in [6.45, 7) is 11.7. The summed E-state index contributed by atoms with van der Waals surface area (Å²) >= 11 is 0. The van der Waals surface area contributed by atoms with E-state index in [0.29, 0.717) is 0 Å². The van der Waals surface area contributed by atoms with Crippen molar-refractivity contribution in [3.63, 3.8) is 0 Å². The molecule has 0 saturated heterocycles. The normalized spacial score (nSPS) is 16.2. The van der Waals surface area contributed by atoms with Crippen LogP contribution in [0.4, 0.5) is 0 Å².